The van der Waals surface area contributed by atoms with Crippen molar-refractivity contribution in [2.45, 2.75) is 25.3 Å². The number of nitrogens with one attached hydrogen (secondary N) is 1. The molecule has 1 aromatic heterocycles. The van der Waals surface area contributed by atoms with Crippen LogP contribution in [0.15, 0.2) is 41.4 Å². The van der Waals surface area contributed by atoms with Gasteiger partial charge in [-0.15, -0.1) is 0 Å². The Kier molecular flexibility index (Phi) is 4.06. The van der Waals surface area contributed by atoms with Crippen molar-refractivity contribution in [2.24, 2.45) is 0 Å². The molecule has 6 heteroatoms. The summed E-state index contributed by atoms with van der Waals surface area (Å²) in [5.74, 6) is 0.263. The van der Waals surface area contributed by atoms with E-state index in [1.165, 1.54) is 12.3 Å². The van der Waals surface area contributed by atoms with Crippen molar-refractivity contribution in [3.05, 3.63) is 53.2 Å². The summed E-state index contributed by atoms with van der Waals surface area (Å²) in [6, 6.07) is 8.24. The molecule has 0 unspecified atom stereocenters. The smallest absolute Gasteiger partial charge is 0.263 e. The third-order valence-corrected chi connectivity index (χ3v) is 4.54. The van der Waals surface area contributed by atoms with Gasteiger partial charge < -0.3 is 5.11 Å². The third kappa shape index (κ3) is 2.97. The average molecular weight is 292 g/mol. The molecule has 0 atom stereocenters. The SMILES string of the molecule is Cc1cc(CO)cc(S(=O)(=O)Nc2ccccn2)c1C. The molecule has 0 aliphatic rings. The minimum absolute atomic E-state index is 0.159. The van der Waals surface area contributed by atoms with E-state index in [4.69, 9.17) is 0 Å². The van der Waals surface area contributed by atoms with Crippen LogP contribution in [0.4, 0.5) is 5.82 Å². The van der Waals surface area contributed by atoms with Gasteiger partial charge in [-0.3, -0.25) is 4.72 Å². The molecular formula is C14H16N2O3S. The Morgan fingerprint density at radius 1 is 1.25 bits per heavy atom. The lowest BCUT2D eigenvalue weighted by Crippen LogP contribution is -2.16. The summed E-state index contributed by atoms with van der Waals surface area (Å²) in [6.07, 6.45) is 1.51. The van der Waals surface area contributed by atoms with E-state index in [0.29, 0.717) is 11.1 Å². The van der Waals surface area contributed by atoms with Gasteiger partial charge in [0.1, 0.15) is 5.82 Å². The summed E-state index contributed by atoms with van der Waals surface area (Å²) in [7, 11) is -3.72. The first-order valence-electron chi connectivity index (χ1n) is 6.09. The van der Waals surface area contributed by atoms with E-state index in [1.807, 2.05) is 6.92 Å². The lowest BCUT2D eigenvalue weighted by atomic mass is 10.1. The lowest BCUT2D eigenvalue weighted by molar-refractivity contribution is 0.281. The molecule has 5 nitrogen and oxygen atoms in total. The maximum Gasteiger partial charge on any atom is 0.263 e. The number of sulfonamides is 1. The number of nitrogens with zero attached hydrogens (tertiary/aromatic N) is 1. The fourth-order valence-electron chi connectivity index (χ4n) is 1.89. The zero-order valence-corrected chi connectivity index (χ0v) is 12.1. The maximum atomic E-state index is 12.4. The molecule has 1 heterocycles. The monoisotopic (exact) mass is 292 g/mol. The quantitative estimate of drug-likeness (QED) is 0.903. The Hall–Kier alpha value is -1.92. The number of rotatable bonds is 4. The highest BCUT2D eigenvalue weighted by Crippen LogP contribution is 2.23. The summed E-state index contributed by atoms with van der Waals surface area (Å²) in [4.78, 5) is 4.10. The van der Waals surface area contributed by atoms with Gasteiger partial charge in [-0.05, 0) is 48.7 Å². The molecule has 0 aliphatic carbocycles. The van der Waals surface area contributed by atoms with Crippen molar-refractivity contribution in [1.29, 1.82) is 0 Å². The highest BCUT2D eigenvalue weighted by molar-refractivity contribution is 7.92. The van der Waals surface area contributed by atoms with E-state index in [-0.39, 0.29) is 17.3 Å². The van der Waals surface area contributed by atoms with Crippen LogP contribution in [-0.2, 0) is 16.6 Å². The number of pyridine rings is 1. The second-order valence-corrected chi connectivity index (χ2v) is 6.17. The van der Waals surface area contributed by atoms with Crippen LogP contribution in [0.1, 0.15) is 16.7 Å². The molecule has 2 N–H and O–H groups in total. The topological polar surface area (TPSA) is 79.3 Å². The highest BCUT2D eigenvalue weighted by atomic mass is 32.2. The number of aryl methyl sites for hydroxylation is 1. The number of aliphatic hydroxyl groups is 1. The highest BCUT2D eigenvalue weighted by Gasteiger charge is 2.19. The van der Waals surface area contributed by atoms with Gasteiger partial charge in [0.2, 0.25) is 0 Å². The molecule has 0 spiro atoms. The molecule has 0 saturated heterocycles. The number of hydrogen-bond donors (Lipinski definition) is 2. The fraction of sp³-hybridized carbons (Fsp3) is 0.214. The normalized spacial score (nSPS) is 11.3. The number of aromatic nitrogens is 1. The second-order valence-electron chi connectivity index (χ2n) is 4.51. The van der Waals surface area contributed by atoms with Crippen LogP contribution in [0.3, 0.4) is 0 Å². The summed E-state index contributed by atoms with van der Waals surface area (Å²) in [5, 5.41) is 9.21. The molecule has 106 valence electrons. The largest absolute Gasteiger partial charge is 0.392 e. The first-order valence-corrected chi connectivity index (χ1v) is 7.57. The van der Waals surface area contributed by atoms with Crippen LogP contribution in [0, 0.1) is 13.8 Å². The first-order chi connectivity index (χ1) is 9.44. The molecule has 0 aliphatic heterocycles. The van der Waals surface area contributed by atoms with Crippen LogP contribution in [0.25, 0.3) is 0 Å². The zero-order chi connectivity index (χ0) is 14.8. The van der Waals surface area contributed by atoms with Crippen molar-refractivity contribution in [2.75, 3.05) is 4.72 Å². The number of hydrogen-bond acceptors (Lipinski definition) is 4. The molecule has 0 fully saturated rings. The number of anilines is 1. The zero-order valence-electron chi connectivity index (χ0n) is 11.3. The van der Waals surface area contributed by atoms with Crippen LogP contribution in [-0.4, -0.2) is 18.5 Å². The van der Waals surface area contributed by atoms with Gasteiger partial charge >= 0.3 is 0 Å². The molecule has 20 heavy (non-hydrogen) atoms. The number of benzene rings is 1. The minimum atomic E-state index is -3.72. The van der Waals surface area contributed by atoms with E-state index >= 15 is 0 Å². The molecule has 0 saturated carbocycles. The average Bonchev–Trinajstić information content (AvgIpc) is 2.42. The molecule has 0 amide bonds. The first kappa shape index (κ1) is 14.5. The molecular weight excluding hydrogens is 276 g/mol. The van der Waals surface area contributed by atoms with Crippen LogP contribution >= 0.6 is 0 Å². The van der Waals surface area contributed by atoms with Gasteiger partial charge in [0.25, 0.3) is 10.0 Å². The van der Waals surface area contributed by atoms with Crippen LogP contribution in [0.5, 0.6) is 0 Å². The number of aliphatic hydroxyl groups excluding tert-OH is 1. The van der Waals surface area contributed by atoms with Crippen LogP contribution in [0.2, 0.25) is 0 Å². The van der Waals surface area contributed by atoms with E-state index in [1.54, 1.807) is 31.2 Å². The Morgan fingerprint density at radius 2 is 2.00 bits per heavy atom. The lowest BCUT2D eigenvalue weighted by Gasteiger charge is -2.13. The van der Waals surface area contributed by atoms with E-state index in [9.17, 15) is 13.5 Å². The molecule has 0 radical (unpaired) electrons. The maximum absolute atomic E-state index is 12.4. The second kappa shape index (κ2) is 5.60. The summed E-state index contributed by atoms with van der Waals surface area (Å²) >= 11 is 0. The van der Waals surface area contributed by atoms with E-state index in [0.717, 1.165) is 5.56 Å². The summed E-state index contributed by atoms with van der Waals surface area (Å²) in [6.45, 7) is 3.35. The summed E-state index contributed by atoms with van der Waals surface area (Å²) in [5.41, 5.74) is 2.04. The van der Waals surface area contributed by atoms with Gasteiger partial charge in [-0.25, -0.2) is 13.4 Å². The van der Waals surface area contributed by atoms with Gasteiger partial charge in [-0.2, -0.15) is 0 Å². The predicted octanol–water partition coefficient (Wildman–Crippen LogP) is 1.99. The van der Waals surface area contributed by atoms with Crippen molar-refractivity contribution >= 4 is 15.8 Å². The predicted molar refractivity (Wildman–Crippen MR) is 76.9 cm³/mol. The summed E-state index contributed by atoms with van der Waals surface area (Å²) < 4.78 is 27.3. The van der Waals surface area contributed by atoms with Gasteiger partial charge in [-0.1, -0.05) is 12.1 Å². The van der Waals surface area contributed by atoms with Crippen molar-refractivity contribution in [3.63, 3.8) is 0 Å². The Balaban J connectivity index is 2.47. The Bertz CT molecular complexity index is 713. The van der Waals surface area contributed by atoms with E-state index < -0.39 is 10.0 Å². The molecule has 2 aromatic rings. The Morgan fingerprint density at radius 3 is 2.60 bits per heavy atom. The fourth-order valence-corrected chi connectivity index (χ4v) is 3.26. The van der Waals surface area contributed by atoms with Crippen LogP contribution < -0.4 is 4.72 Å². The van der Waals surface area contributed by atoms with Crippen molar-refractivity contribution in [3.8, 4) is 0 Å². The van der Waals surface area contributed by atoms with Gasteiger partial charge in [0, 0.05) is 6.20 Å². The van der Waals surface area contributed by atoms with Crippen molar-refractivity contribution in [1.82, 2.24) is 4.98 Å². The minimum Gasteiger partial charge on any atom is -0.392 e. The molecule has 0 bridgehead atoms. The van der Waals surface area contributed by atoms with E-state index in [2.05, 4.69) is 9.71 Å². The molecule has 1 aromatic carbocycles. The van der Waals surface area contributed by atoms with Crippen molar-refractivity contribution < 1.29 is 13.5 Å². The molecule has 2 rings (SSSR count). The standard InChI is InChI=1S/C14H16N2O3S/c1-10-7-12(9-17)8-13(11(10)2)20(18,19)16-14-5-3-4-6-15-14/h3-8,17H,9H2,1-2H3,(H,15,16). The van der Waals surface area contributed by atoms with Gasteiger partial charge in [0.15, 0.2) is 0 Å². The van der Waals surface area contributed by atoms with Gasteiger partial charge in [0.05, 0.1) is 11.5 Å². The Labute approximate surface area is 118 Å². The third-order valence-electron chi connectivity index (χ3n) is 3.06.